The molecule has 0 atom stereocenters. The average molecular weight is 283 g/mol. The molecule has 1 N–H and O–H groups in total. The first-order valence-corrected chi connectivity index (χ1v) is 7.84. The third kappa shape index (κ3) is 1.96. The van der Waals surface area contributed by atoms with Crippen LogP contribution in [0, 0.1) is 0 Å². The number of H-pyrrole nitrogens is 1. The average Bonchev–Trinajstić information content (AvgIpc) is 3.11. The van der Waals surface area contributed by atoms with E-state index in [1.807, 2.05) is 0 Å². The second-order valence-electron chi connectivity index (χ2n) is 7.38. The zero-order valence-corrected chi connectivity index (χ0v) is 13.2. The summed E-state index contributed by atoms with van der Waals surface area (Å²) in [6.07, 6.45) is 4.79. The van der Waals surface area contributed by atoms with E-state index < -0.39 is 0 Å². The van der Waals surface area contributed by atoms with Crippen LogP contribution in [-0.2, 0) is 9.31 Å². The van der Waals surface area contributed by atoms with E-state index in [-0.39, 0.29) is 18.3 Å². The van der Waals surface area contributed by atoms with E-state index in [2.05, 4.69) is 57.1 Å². The van der Waals surface area contributed by atoms with Crippen LogP contribution in [0.5, 0.6) is 0 Å². The maximum atomic E-state index is 6.20. The van der Waals surface area contributed by atoms with Crippen LogP contribution < -0.4 is 5.46 Å². The van der Waals surface area contributed by atoms with Crippen LogP contribution in [0.3, 0.4) is 0 Å². The van der Waals surface area contributed by atoms with E-state index in [0.717, 1.165) is 16.9 Å². The smallest absolute Gasteiger partial charge is 0.399 e. The van der Waals surface area contributed by atoms with Crippen molar-refractivity contribution in [3.05, 3.63) is 30.0 Å². The van der Waals surface area contributed by atoms with Gasteiger partial charge < -0.3 is 14.3 Å². The normalized spacial score (nSPS) is 23.9. The predicted octanol–water partition coefficient (Wildman–Crippen LogP) is 3.34. The molecule has 1 aromatic carbocycles. The Labute approximate surface area is 126 Å². The minimum atomic E-state index is -0.301. The Kier molecular flexibility index (Phi) is 2.65. The molecule has 2 aliphatic rings. The van der Waals surface area contributed by atoms with Gasteiger partial charge in [0.05, 0.1) is 11.2 Å². The second kappa shape index (κ2) is 4.14. The number of para-hydroxylation sites is 1. The van der Waals surface area contributed by atoms with Crippen molar-refractivity contribution in [3.8, 4) is 0 Å². The highest BCUT2D eigenvalue weighted by molar-refractivity contribution is 6.65. The van der Waals surface area contributed by atoms with Gasteiger partial charge in [-0.25, -0.2) is 0 Å². The van der Waals surface area contributed by atoms with Crippen LogP contribution in [-0.4, -0.2) is 23.3 Å². The lowest BCUT2D eigenvalue weighted by Crippen LogP contribution is -2.41. The molecule has 0 unspecified atom stereocenters. The summed E-state index contributed by atoms with van der Waals surface area (Å²) in [6.45, 7) is 8.38. The van der Waals surface area contributed by atoms with Gasteiger partial charge in [0, 0.05) is 22.6 Å². The molecule has 0 radical (unpaired) electrons. The Balaban J connectivity index is 1.78. The third-order valence-electron chi connectivity index (χ3n) is 5.30. The fourth-order valence-corrected chi connectivity index (χ4v) is 3.10. The number of benzene rings is 1. The molecule has 1 saturated carbocycles. The van der Waals surface area contributed by atoms with Gasteiger partial charge in [0.1, 0.15) is 0 Å². The summed E-state index contributed by atoms with van der Waals surface area (Å²) in [5, 5.41) is 1.32. The standard InChI is InChI=1S/C17H22BNO2/c1-16(2)17(3,4)21-18(20-16)14-7-5-6-12-13(11-8-9-11)10-19-15(12)14/h5-7,10-11,19H,8-9H2,1-4H3. The summed E-state index contributed by atoms with van der Waals surface area (Å²) in [4.78, 5) is 3.45. The first-order chi connectivity index (χ1) is 9.89. The number of nitrogens with one attached hydrogen (secondary N) is 1. The zero-order valence-electron chi connectivity index (χ0n) is 13.2. The minimum Gasteiger partial charge on any atom is -0.399 e. The quantitative estimate of drug-likeness (QED) is 0.858. The molecule has 0 bridgehead atoms. The number of hydrogen-bond donors (Lipinski definition) is 1. The van der Waals surface area contributed by atoms with E-state index >= 15 is 0 Å². The number of fused-ring (bicyclic) bond motifs is 1. The van der Waals surface area contributed by atoms with Gasteiger partial charge in [-0.3, -0.25) is 0 Å². The van der Waals surface area contributed by atoms with Crippen LogP contribution >= 0.6 is 0 Å². The highest BCUT2D eigenvalue weighted by Gasteiger charge is 2.52. The van der Waals surface area contributed by atoms with Crippen LogP contribution in [0.1, 0.15) is 52.0 Å². The Morgan fingerprint density at radius 3 is 2.38 bits per heavy atom. The van der Waals surface area contributed by atoms with Crippen LogP contribution in [0.4, 0.5) is 0 Å². The Hall–Kier alpha value is -1.26. The molecular formula is C17H22BNO2. The third-order valence-corrected chi connectivity index (χ3v) is 5.30. The number of aromatic nitrogens is 1. The lowest BCUT2D eigenvalue weighted by atomic mass is 9.77. The van der Waals surface area contributed by atoms with E-state index in [4.69, 9.17) is 9.31 Å². The molecule has 1 aliphatic carbocycles. The molecule has 1 aromatic heterocycles. The van der Waals surface area contributed by atoms with Crippen molar-refractivity contribution in [3.63, 3.8) is 0 Å². The highest BCUT2D eigenvalue weighted by atomic mass is 16.7. The first-order valence-electron chi connectivity index (χ1n) is 7.84. The summed E-state index contributed by atoms with van der Waals surface area (Å²) >= 11 is 0. The largest absolute Gasteiger partial charge is 0.497 e. The Morgan fingerprint density at radius 2 is 1.76 bits per heavy atom. The van der Waals surface area contributed by atoms with Gasteiger partial charge in [-0.1, -0.05) is 18.2 Å². The molecule has 110 valence electrons. The molecule has 2 aromatic rings. The van der Waals surface area contributed by atoms with Crippen LogP contribution in [0.25, 0.3) is 10.9 Å². The molecular weight excluding hydrogens is 261 g/mol. The molecule has 4 rings (SSSR count). The van der Waals surface area contributed by atoms with Crippen LogP contribution in [0.2, 0.25) is 0 Å². The predicted molar refractivity (Wildman–Crippen MR) is 86.0 cm³/mol. The fraction of sp³-hybridized carbons (Fsp3) is 0.529. The molecule has 1 aliphatic heterocycles. The van der Waals surface area contributed by atoms with Crippen molar-refractivity contribution >= 4 is 23.5 Å². The van der Waals surface area contributed by atoms with Gasteiger partial charge in [0.2, 0.25) is 0 Å². The zero-order chi connectivity index (χ0) is 14.8. The minimum absolute atomic E-state index is 0.300. The van der Waals surface area contributed by atoms with Gasteiger partial charge >= 0.3 is 7.12 Å². The van der Waals surface area contributed by atoms with Crippen LogP contribution in [0.15, 0.2) is 24.4 Å². The summed E-state index contributed by atoms with van der Waals surface area (Å²) in [5.74, 6) is 0.743. The number of aromatic amines is 1. The SMILES string of the molecule is CC1(C)OB(c2cccc3c(C4CC4)c[nH]c23)OC1(C)C. The highest BCUT2D eigenvalue weighted by Crippen LogP contribution is 2.43. The summed E-state index contributed by atoms with van der Waals surface area (Å²) in [5.41, 5.74) is 3.12. The summed E-state index contributed by atoms with van der Waals surface area (Å²) < 4.78 is 12.4. The van der Waals surface area contributed by atoms with Crippen molar-refractivity contribution in [2.45, 2.75) is 57.7 Å². The topological polar surface area (TPSA) is 34.2 Å². The van der Waals surface area contributed by atoms with Crippen molar-refractivity contribution in [2.24, 2.45) is 0 Å². The molecule has 0 spiro atoms. The molecule has 2 heterocycles. The first kappa shape index (κ1) is 13.4. The molecule has 4 heteroatoms. The van der Waals surface area contributed by atoms with Crippen molar-refractivity contribution in [1.29, 1.82) is 0 Å². The van der Waals surface area contributed by atoms with Gasteiger partial charge in [-0.2, -0.15) is 0 Å². The van der Waals surface area contributed by atoms with E-state index in [0.29, 0.717) is 0 Å². The van der Waals surface area contributed by atoms with Gasteiger partial charge in [-0.05, 0) is 52.0 Å². The summed E-state index contributed by atoms with van der Waals surface area (Å²) in [6, 6.07) is 6.42. The molecule has 1 saturated heterocycles. The maximum Gasteiger partial charge on any atom is 0.497 e. The molecule has 3 nitrogen and oxygen atoms in total. The van der Waals surface area contributed by atoms with E-state index in [1.54, 1.807) is 0 Å². The lowest BCUT2D eigenvalue weighted by Gasteiger charge is -2.32. The molecule has 2 fully saturated rings. The lowest BCUT2D eigenvalue weighted by molar-refractivity contribution is 0.00578. The number of rotatable bonds is 2. The van der Waals surface area contributed by atoms with Gasteiger partial charge in [0.15, 0.2) is 0 Å². The summed E-state index contributed by atoms with van der Waals surface area (Å²) in [7, 11) is -0.301. The van der Waals surface area contributed by atoms with E-state index in [9.17, 15) is 0 Å². The van der Waals surface area contributed by atoms with Crippen molar-refractivity contribution in [1.82, 2.24) is 4.98 Å². The van der Waals surface area contributed by atoms with Gasteiger partial charge in [-0.15, -0.1) is 0 Å². The molecule has 0 amide bonds. The molecule has 21 heavy (non-hydrogen) atoms. The Bertz CT molecular complexity index is 684. The maximum absolute atomic E-state index is 6.20. The fourth-order valence-electron chi connectivity index (χ4n) is 3.10. The number of hydrogen-bond acceptors (Lipinski definition) is 2. The van der Waals surface area contributed by atoms with Gasteiger partial charge in [0.25, 0.3) is 0 Å². The second-order valence-corrected chi connectivity index (χ2v) is 7.38. The Morgan fingerprint density at radius 1 is 1.10 bits per heavy atom. The van der Waals surface area contributed by atoms with Crippen molar-refractivity contribution < 1.29 is 9.31 Å². The van der Waals surface area contributed by atoms with E-state index in [1.165, 1.54) is 23.8 Å². The monoisotopic (exact) mass is 283 g/mol. The van der Waals surface area contributed by atoms with Crippen molar-refractivity contribution in [2.75, 3.05) is 0 Å².